The first-order valence-corrected chi connectivity index (χ1v) is 7.21. The lowest BCUT2D eigenvalue weighted by atomic mass is 10.3. The number of nitrogens with zero attached hydrogens (tertiary/aromatic N) is 3. The Morgan fingerprint density at radius 2 is 2.04 bits per heavy atom. The van der Waals surface area contributed by atoms with Gasteiger partial charge in [-0.2, -0.15) is 0 Å². The number of anilines is 1. The zero-order valence-electron chi connectivity index (χ0n) is 12.9. The minimum atomic E-state index is -0.364. The highest BCUT2D eigenvalue weighted by Gasteiger charge is 2.06. The lowest BCUT2D eigenvalue weighted by Crippen LogP contribution is -2.27. The van der Waals surface area contributed by atoms with Crippen LogP contribution in [0.2, 0.25) is 0 Å². The number of carbonyl (C=O) groups excluding carboxylic acids is 1. The average Bonchev–Trinajstić information content (AvgIpc) is 3.00. The van der Waals surface area contributed by atoms with E-state index >= 15 is 0 Å². The molecule has 0 unspecified atom stereocenters. The molecule has 0 aliphatic rings. The van der Waals surface area contributed by atoms with Gasteiger partial charge >= 0.3 is 12.0 Å². The van der Waals surface area contributed by atoms with Crippen LogP contribution in [-0.2, 0) is 6.54 Å². The lowest BCUT2D eigenvalue weighted by molar-refractivity contribution is 0.250. The summed E-state index contributed by atoms with van der Waals surface area (Å²) >= 11 is 0. The summed E-state index contributed by atoms with van der Waals surface area (Å²) in [5, 5.41) is 9.15. The molecule has 2 amide bonds. The SMILES string of the molecule is Cc1cc(CNC(=O)Nc2cccc(Oc3ncccn3)c2)on1. The third-order valence-corrected chi connectivity index (χ3v) is 2.94. The third-order valence-electron chi connectivity index (χ3n) is 2.94. The Bertz CT molecular complexity index is 819. The number of hydrogen-bond donors (Lipinski definition) is 2. The third kappa shape index (κ3) is 4.29. The van der Waals surface area contributed by atoms with Gasteiger partial charge in [-0.15, -0.1) is 0 Å². The first-order chi connectivity index (χ1) is 11.7. The molecule has 0 fully saturated rings. The molecule has 0 saturated heterocycles. The molecule has 3 rings (SSSR count). The predicted molar refractivity (Wildman–Crippen MR) is 85.6 cm³/mol. The minimum absolute atomic E-state index is 0.236. The van der Waals surface area contributed by atoms with E-state index in [2.05, 4.69) is 25.8 Å². The summed E-state index contributed by atoms with van der Waals surface area (Å²) in [5.41, 5.74) is 1.34. The fourth-order valence-corrected chi connectivity index (χ4v) is 1.92. The van der Waals surface area contributed by atoms with Crippen LogP contribution in [0, 0.1) is 6.92 Å². The van der Waals surface area contributed by atoms with Gasteiger partial charge in [0.25, 0.3) is 0 Å². The van der Waals surface area contributed by atoms with E-state index in [-0.39, 0.29) is 18.6 Å². The number of aromatic nitrogens is 3. The molecule has 1 aromatic carbocycles. The molecule has 0 bridgehead atoms. The van der Waals surface area contributed by atoms with Gasteiger partial charge in [-0.25, -0.2) is 14.8 Å². The second-order valence-corrected chi connectivity index (χ2v) is 4.90. The number of carbonyl (C=O) groups is 1. The first kappa shape index (κ1) is 15.5. The van der Waals surface area contributed by atoms with Gasteiger partial charge in [-0.1, -0.05) is 11.2 Å². The molecule has 8 heteroatoms. The second-order valence-electron chi connectivity index (χ2n) is 4.90. The van der Waals surface area contributed by atoms with Crippen molar-refractivity contribution in [3.63, 3.8) is 0 Å². The summed E-state index contributed by atoms with van der Waals surface area (Å²) in [5.74, 6) is 1.10. The van der Waals surface area contributed by atoms with E-state index in [4.69, 9.17) is 9.26 Å². The Morgan fingerprint density at radius 3 is 2.79 bits per heavy atom. The summed E-state index contributed by atoms with van der Waals surface area (Å²) in [6.45, 7) is 2.07. The van der Waals surface area contributed by atoms with Crippen molar-refractivity contribution in [1.82, 2.24) is 20.4 Å². The number of urea groups is 1. The van der Waals surface area contributed by atoms with Gasteiger partial charge in [-0.05, 0) is 25.1 Å². The number of hydrogen-bond acceptors (Lipinski definition) is 6. The smallest absolute Gasteiger partial charge is 0.321 e. The number of ether oxygens (including phenoxy) is 1. The fraction of sp³-hybridized carbons (Fsp3) is 0.125. The van der Waals surface area contributed by atoms with Gasteiger partial charge in [-0.3, -0.25) is 0 Å². The van der Waals surface area contributed by atoms with Crippen molar-refractivity contribution in [3.05, 3.63) is 60.2 Å². The number of amides is 2. The van der Waals surface area contributed by atoms with Gasteiger partial charge in [0.15, 0.2) is 5.76 Å². The van der Waals surface area contributed by atoms with Crippen molar-refractivity contribution in [1.29, 1.82) is 0 Å². The summed E-state index contributed by atoms with van der Waals surface area (Å²) < 4.78 is 10.5. The maximum Gasteiger partial charge on any atom is 0.321 e. The molecule has 0 radical (unpaired) electrons. The normalized spacial score (nSPS) is 10.2. The van der Waals surface area contributed by atoms with Crippen molar-refractivity contribution in [3.8, 4) is 11.8 Å². The molecular formula is C16H15N5O3. The number of rotatable bonds is 5. The zero-order valence-corrected chi connectivity index (χ0v) is 12.9. The number of aryl methyl sites for hydroxylation is 1. The predicted octanol–water partition coefficient (Wildman–Crippen LogP) is 2.89. The Labute approximate surface area is 137 Å². The van der Waals surface area contributed by atoms with Crippen LogP contribution < -0.4 is 15.4 Å². The van der Waals surface area contributed by atoms with E-state index < -0.39 is 0 Å². The second kappa shape index (κ2) is 7.23. The van der Waals surface area contributed by atoms with Crippen molar-refractivity contribution in [2.24, 2.45) is 0 Å². The van der Waals surface area contributed by atoms with Crippen LogP contribution in [0.3, 0.4) is 0 Å². The van der Waals surface area contributed by atoms with Crippen LogP contribution in [0.1, 0.15) is 11.5 Å². The van der Waals surface area contributed by atoms with Crippen LogP contribution in [0.25, 0.3) is 0 Å². The highest BCUT2D eigenvalue weighted by molar-refractivity contribution is 5.89. The van der Waals surface area contributed by atoms with E-state index in [0.29, 0.717) is 17.2 Å². The quantitative estimate of drug-likeness (QED) is 0.748. The van der Waals surface area contributed by atoms with Crippen LogP contribution in [0.5, 0.6) is 11.8 Å². The molecule has 122 valence electrons. The molecule has 0 aliphatic carbocycles. The molecule has 8 nitrogen and oxygen atoms in total. The standard InChI is InChI=1S/C16H15N5O3/c1-11-8-14(24-21-11)10-19-15(22)20-12-4-2-5-13(9-12)23-16-17-6-3-7-18-16/h2-9H,10H2,1H3,(H2,19,20,22). The molecular weight excluding hydrogens is 310 g/mol. The van der Waals surface area contributed by atoms with Gasteiger partial charge < -0.3 is 19.9 Å². The summed E-state index contributed by atoms with van der Waals surface area (Å²) in [7, 11) is 0. The molecule has 2 aromatic heterocycles. The van der Waals surface area contributed by atoms with Crippen LogP contribution in [0.15, 0.2) is 53.3 Å². The largest absolute Gasteiger partial charge is 0.424 e. The maximum absolute atomic E-state index is 11.9. The van der Waals surface area contributed by atoms with Crippen molar-refractivity contribution in [2.45, 2.75) is 13.5 Å². The average molecular weight is 325 g/mol. The molecule has 2 N–H and O–H groups in total. The molecule has 0 aliphatic heterocycles. The fourth-order valence-electron chi connectivity index (χ4n) is 1.92. The van der Waals surface area contributed by atoms with Crippen LogP contribution in [0.4, 0.5) is 10.5 Å². The topological polar surface area (TPSA) is 102 Å². The Balaban J connectivity index is 1.56. The highest BCUT2D eigenvalue weighted by Crippen LogP contribution is 2.21. The van der Waals surface area contributed by atoms with Gasteiger partial charge in [0.1, 0.15) is 5.75 Å². The van der Waals surface area contributed by atoms with Crippen LogP contribution >= 0.6 is 0 Å². The summed E-state index contributed by atoms with van der Waals surface area (Å²) in [6, 6.07) is 10.3. The number of benzene rings is 1. The van der Waals surface area contributed by atoms with Crippen LogP contribution in [-0.4, -0.2) is 21.2 Å². The first-order valence-electron chi connectivity index (χ1n) is 7.21. The minimum Gasteiger partial charge on any atom is -0.424 e. The Hall–Kier alpha value is -3.42. The van der Waals surface area contributed by atoms with Crippen molar-refractivity contribution < 1.29 is 14.1 Å². The number of nitrogens with one attached hydrogen (secondary N) is 2. The zero-order chi connectivity index (χ0) is 16.8. The van der Waals surface area contributed by atoms with Gasteiger partial charge in [0, 0.05) is 30.2 Å². The van der Waals surface area contributed by atoms with Crippen molar-refractivity contribution in [2.75, 3.05) is 5.32 Å². The molecule has 24 heavy (non-hydrogen) atoms. The summed E-state index contributed by atoms with van der Waals surface area (Å²) in [4.78, 5) is 19.9. The maximum atomic E-state index is 11.9. The van der Waals surface area contributed by atoms with Gasteiger partial charge in [0.2, 0.25) is 0 Å². The van der Waals surface area contributed by atoms with E-state index in [1.165, 1.54) is 0 Å². The van der Waals surface area contributed by atoms with E-state index in [1.54, 1.807) is 48.8 Å². The van der Waals surface area contributed by atoms with Crippen molar-refractivity contribution >= 4 is 11.7 Å². The molecule has 0 saturated carbocycles. The lowest BCUT2D eigenvalue weighted by Gasteiger charge is -2.08. The van der Waals surface area contributed by atoms with E-state index in [0.717, 1.165) is 5.69 Å². The Morgan fingerprint density at radius 1 is 1.21 bits per heavy atom. The highest BCUT2D eigenvalue weighted by atomic mass is 16.5. The van der Waals surface area contributed by atoms with E-state index in [1.807, 2.05) is 6.92 Å². The molecule has 0 atom stereocenters. The summed E-state index contributed by atoms with van der Waals surface area (Å²) in [6.07, 6.45) is 3.17. The van der Waals surface area contributed by atoms with Gasteiger partial charge in [0.05, 0.1) is 12.2 Å². The Kier molecular flexibility index (Phi) is 4.66. The molecule has 0 spiro atoms. The molecule has 2 heterocycles. The van der Waals surface area contributed by atoms with E-state index in [9.17, 15) is 4.79 Å². The molecule has 3 aromatic rings. The monoisotopic (exact) mass is 325 g/mol.